The minimum absolute atomic E-state index is 0.286. The molecule has 0 bridgehead atoms. The van der Waals surface area contributed by atoms with Crippen molar-refractivity contribution in [2.75, 3.05) is 19.8 Å². The number of carbonyl (C=O) groups excluding carboxylic acids is 1. The van der Waals surface area contributed by atoms with Gasteiger partial charge in [-0.05, 0) is 12.3 Å². The number of rotatable bonds is 28. The van der Waals surface area contributed by atoms with E-state index in [0.29, 0.717) is 0 Å². The van der Waals surface area contributed by atoms with Crippen molar-refractivity contribution in [3.63, 3.8) is 0 Å². The number of ether oxygens (including phenoxy) is 1. The van der Waals surface area contributed by atoms with Gasteiger partial charge in [-0.25, -0.2) is 4.79 Å². The molecule has 0 aliphatic rings. The summed E-state index contributed by atoms with van der Waals surface area (Å²) in [5, 5.41) is 49.4. The van der Waals surface area contributed by atoms with E-state index in [1.165, 1.54) is 109 Å². The summed E-state index contributed by atoms with van der Waals surface area (Å²) in [7, 11) is 0. The lowest BCUT2D eigenvalue weighted by Crippen LogP contribution is -2.49. The summed E-state index contributed by atoms with van der Waals surface area (Å²) in [5.74, 6) is 0.898. The molecule has 5 atom stereocenters. The molecule has 0 saturated heterocycles. The molecule has 8 nitrogen and oxygen atoms in total. The zero-order valence-electron chi connectivity index (χ0n) is 25.2. The first-order chi connectivity index (χ1) is 18.8. The number of hydrogen-bond donors (Lipinski definition) is 6. The normalized spacial score (nSPS) is 15.5. The minimum atomic E-state index is -1.72. The molecule has 0 aliphatic carbocycles. The largest absolute Gasteiger partial charge is 0.450 e. The van der Waals surface area contributed by atoms with Crippen LogP contribution >= 0.6 is 0 Å². The average molecular weight is 562 g/mol. The monoisotopic (exact) mass is 561 g/mol. The Morgan fingerprint density at radius 2 is 1.05 bits per heavy atom. The predicted octanol–water partition coefficient (Wildman–Crippen LogP) is 5.61. The van der Waals surface area contributed by atoms with Gasteiger partial charge < -0.3 is 35.6 Å². The van der Waals surface area contributed by atoms with Crippen molar-refractivity contribution in [2.45, 2.75) is 167 Å². The Morgan fingerprint density at radius 1 is 0.641 bits per heavy atom. The number of aliphatic hydroxyl groups excluding tert-OH is 5. The van der Waals surface area contributed by atoms with E-state index in [-0.39, 0.29) is 13.2 Å². The van der Waals surface area contributed by atoms with Gasteiger partial charge in [0.2, 0.25) is 0 Å². The van der Waals surface area contributed by atoms with Gasteiger partial charge in [-0.15, -0.1) is 0 Å². The van der Waals surface area contributed by atoms with Crippen molar-refractivity contribution in [1.29, 1.82) is 0 Å². The first-order valence-electron chi connectivity index (χ1n) is 16.1. The van der Waals surface area contributed by atoms with Crippen LogP contribution in [0.5, 0.6) is 0 Å². The quantitative estimate of drug-likeness (QED) is 0.0683. The van der Waals surface area contributed by atoms with E-state index < -0.39 is 37.1 Å². The number of unbranched alkanes of at least 4 members (excludes halogenated alkanes) is 16. The Labute approximate surface area is 238 Å². The molecule has 1 unspecified atom stereocenters. The summed E-state index contributed by atoms with van der Waals surface area (Å²) in [4.78, 5) is 11.7. The number of aliphatic hydroxyl groups is 5. The van der Waals surface area contributed by atoms with Crippen LogP contribution in [0.25, 0.3) is 0 Å². The molecular weight excluding hydrogens is 498 g/mol. The van der Waals surface area contributed by atoms with E-state index in [0.717, 1.165) is 25.2 Å². The standard InChI is InChI=1S/C31H63NO7/c1-3-4-5-6-15-18-21-26(2)22-19-16-13-11-9-7-8-10-12-14-17-20-23-39-31(38)32-24-27(34)29(36)30(37)28(35)25-33/h26-30,33-37H,3-25H2,1-2H3,(H,32,38)/t26?,27-,28+,29+,30+/m0/s1. The molecule has 0 radical (unpaired) electrons. The lowest BCUT2D eigenvalue weighted by Gasteiger charge is -2.25. The molecule has 8 heteroatoms. The fourth-order valence-corrected chi connectivity index (χ4v) is 4.87. The highest BCUT2D eigenvalue weighted by Gasteiger charge is 2.30. The highest BCUT2D eigenvalue weighted by atomic mass is 16.5. The van der Waals surface area contributed by atoms with Crippen LogP contribution < -0.4 is 5.32 Å². The summed E-state index contributed by atoms with van der Waals surface area (Å²) < 4.78 is 5.05. The fraction of sp³-hybridized carbons (Fsp3) is 0.968. The molecular formula is C31H63NO7. The third-order valence-corrected chi connectivity index (χ3v) is 7.66. The Kier molecular flexibility index (Phi) is 26.6. The van der Waals surface area contributed by atoms with E-state index in [2.05, 4.69) is 19.2 Å². The Morgan fingerprint density at radius 3 is 1.51 bits per heavy atom. The van der Waals surface area contributed by atoms with E-state index in [1.54, 1.807) is 0 Å². The highest BCUT2D eigenvalue weighted by molar-refractivity contribution is 5.67. The average Bonchev–Trinajstić information content (AvgIpc) is 2.94. The molecule has 39 heavy (non-hydrogen) atoms. The van der Waals surface area contributed by atoms with Gasteiger partial charge in [-0.3, -0.25) is 0 Å². The van der Waals surface area contributed by atoms with Crippen molar-refractivity contribution in [3.8, 4) is 0 Å². The second-order valence-corrected chi connectivity index (χ2v) is 11.5. The fourth-order valence-electron chi connectivity index (χ4n) is 4.87. The van der Waals surface area contributed by atoms with Gasteiger partial charge in [0.1, 0.15) is 18.3 Å². The third-order valence-electron chi connectivity index (χ3n) is 7.66. The van der Waals surface area contributed by atoms with Crippen LogP contribution in [0.4, 0.5) is 4.79 Å². The van der Waals surface area contributed by atoms with Crippen LogP contribution in [0.3, 0.4) is 0 Å². The molecule has 0 aliphatic heterocycles. The minimum Gasteiger partial charge on any atom is -0.450 e. The van der Waals surface area contributed by atoms with E-state index >= 15 is 0 Å². The van der Waals surface area contributed by atoms with Gasteiger partial charge in [-0.1, -0.05) is 136 Å². The second kappa shape index (κ2) is 27.3. The van der Waals surface area contributed by atoms with Crippen LogP contribution in [-0.4, -0.2) is 75.8 Å². The molecule has 0 spiro atoms. The van der Waals surface area contributed by atoms with Crippen molar-refractivity contribution in [2.24, 2.45) is 5.92 Å². The highest BCUT2D eigenvalue weighted by Crippen LogP contribution is 2.19. The molecule has 0 rings (SSSR count). The van der Waals surface area contributed by atoms with Gasteiger partial charge in [0.25, 0.3) is 0 Å². The maximum absolute atomic E-state index is 11.7. The number of hydrogen-bond acceptors (Lipinski definition) is 7. The van der Waals surface area contributed by atoms with E-state index in [1.807, 2.05) is 0 Å². The van der Waals surface area contributed by atoms with Crippen LogP contribution in [0.1, 0.15) is 142 Å². The zero-order valence-corrected chi connectivity index (χ0v) is 25.2. The molecule has 6 N–H and O–H groups in total. The number of nitrogens with one attached hydrogen (secondary N) is 1. The number of alkyl carbamates (subject to hydrolysis) is 1. The molecule has 234 valence electrons. The number of carbonyl (C=O) groups is 1. The maximum atomic E-state index is 11.7. The van der Waals surface area contributed by atoms with Gasteiger partial charge in [0, 0.05) is 6.54 Å². The first-order valence-corrected chi connectivity index (χ1v) is 16.1. The molecule has 0 aromatic heterocycles. The van der Waals surface area contributed by atoms with Gasteiger partial charge in [0.15, 0.2) is 0 Å². The lowest BCUT2D eigenvalue weighted by molar-refractivity contribution is -0.113. The van der Waals surface area contributed by atoms with Crippen molar-refractivity contribution in [1.82, 2.24) is 5.32 Å². The van der Waals surface area contributed by atoms with Crippen molar-refractivity contribution >= 4 is 6.09 Å². The number of amides is 1. The summed E-state index contributed by atoms with van der Waals surface area (Å²) >= 11 is 0. The third kappa shape index (κ3) is 23.5. The van der Waals surface area contributed by atoms with Gasteiger partial charge in [0.05, 0.1) is 19.3 Å². The first kappa shape index (κ1) is 38.1. The molecule has 0 aromatic carbocycles. The van der Waals surface area contributed by atoms with Crippen LogP contribution in [0.2, 0.25) is 0 Å². The summed E-state index contributed by atoms with van der Waals surface area (Å²) in [6.45, 7) is 3.90. The molecule has 0 saturated carbocycles. The smallest absolute Gasteiger partial charge is 0.407 e. The SMILES string of the molecule is CCCCCCCCC(C)CCCCCCCCCCCCCCOC(=O)NC[C@H](O)[C@@H](O)[C@H](O)[C@H](O)CO. The molecule has 1 amide bonds. The molecule has 0 aromatic rings. The van der Waals surface area contributed by atoms with Crippen molar-refractivity contribution in [3.05, 3.63) is 0 Å². The topological polar surface area (TPSA) is 139 Å². The summed E-state index contributed by atoms with van der Waals surface area (Å²) in [5.41, 5.74) is 0. The maximum Gasteiger partial charge on any atom is 0.407 e. The summed E-state index contributed by atoms with van der Waals surface area (Å²) in [6.07, 6.45) is 18.9. The van der Waals surface area contributed by atoms with E-state index in [9.17, 15) is 25.2 Å². The Hall–Kier alpha value is -0.930. The van der Waals surface area contributed by atoms with Crippen molar-refractivity contribution < 1.29 is 35.1 Å². The zero-order chi connectivity index (χ0) is 29.1. The summed E-state index contributed by atoms with van der Waals surface area (Å²) in [6, 6.07) is 0. The van der Waals surface area contributed by atoms with Gasteiger partial charge in [-0.2, -0.15) is 0 Å². The second-order valence-electron chi connectivity index (χ2n) is 11.5. The Bertz CT molecular complexity index is 537. The van der Waals surface area contributed by atoms with Crippen LogP contribution in [0, 0.1) is 5.92 Å². The van der Waals surface area contributed by atoms with Crippen LogP contribution in [0.15, 0.2) is 0 Å². The Balaban J connectivity index is 3.41. The lowest BCUT2D eigenvalue weighted by atomic mass is 9.96. The van der Waals surface area contributed by atoms with Crippen LogP contribution in [-0.2, 0) is 4.74 Å². The predicted molar refractivity (Wildman–Crippen MR) is 158 cm³/mol. The van der Waals surface area contributed by atoms with E-state index in [4.69, 9.17) is 9.84 Å². The molecule has 0 heterocycles. The van der Waals surface area contributed by atoms with Gasteiger partial charge >= 0.3 is 6.09 Å². The molecule has 0 fully saturated rings.